The summed E-state index contributed by atoms with van der Waals surface area (Å²) < 4.78 is 8.05. The SMILES string of the molecule is CC(C)Oc1cccc(CN2CC3CCCC(C2)C3(O)c2nccn2Cc2ccccc2)c1. The number of hydrogen-bond donors (Lipinski definition) is 1. The fourth-order valence-electron chi connectivity index (χ4n) is 5.85. The van der Waals surface area contributed by atoms with Gasteiger partial charge in [0.15, 0.2) is 0 Å². The first-order valence-electron chi connectivity index (χ1n) is 12.3. The van der Waals surface area contributed by atoms with E-state index in [-0.39, 0.29) is 17.9 Å². The van der Waals surface area contributed by atoms with E-state index in [9.17, 15) is 5.11 Å². The normalized spacial score (nSPS) is 25.3. The predicted octanol–water partition coefficient (Wildman–Crippen LogP) is 4.84. The van der Waals surface area contributed by atoms with Gasteiger partial charge in [0, 0.05) is 50.4 Å². The first-order valence-corrected chi connectivity index (χ1v) is 12.3. The molecule has 2 aromatic carbocycles. The molecule has 5 heteroatoms. The smallest absolute Gasteiger partial charge is 0.141 e. The number of aliphatic hydroxyl groups is 1. The summed E-state index contributed by atoms with van der Waals surface area (Å²) in [4.78, 5) is 7.23. The van der Waals surface area contributed by atoms with Gasteiger partial charge in [-0.25, -0.2) is 4.98 Å². The quantitative estimate of drug-likeness (QED) is 0.566. The highest BCUT2D eigenvalue weighted by Crippen LogP contribution is 2.49. The summed E-state index contributed by atoms with van der Waals surface area (Å²) in [5.74, 6) is 2.15. The van der Waals surface area contributed by atoms with E-state index in [1.165, 1.54) is 17.5 Å². The molecule has 0 radical (unpaired) electrons. The Hall–Kier alpha value is -2.63. The van der Waals surface area contributed by atoms with Crippen molar-refractivity contribution in [2.24, 2.45) is 11.8 Å². The lowest BCUT2D eigenvalue weighted by molar-refractivity contribution is -0.155. The molecule has 1 N–H and O–H groups in total. The fraction of sp³-hybridized carbons (Fsp3) is 0.464. The number of rotatable bonds is 7. The lowest BCUT2D eigenvalue weighted by Gasteiger charge is -2.52. The maximum Gasteiger partial charge on any atom is 0.141 e. The average Bonchev–Trinajstić information content (AvgIpc) is 3.24. The molecule has 0 spiro atoms. The van der Waals surface area contributed by atoms with Crippen LogP contribution in [0.4, 0.5) is 0 Å². The summed E-state index contributed by atoms with van der Waals surface area (Å²) >= 11 is 0. The molecule has 5 rings (SSSR count). The van der Waals surface area contributed by atoms with Crippen LogP contribution < -0.4 is 4.74 Å². The molecule has 2 unspecified atom stereocenters. The summed E-state index contributed by atoms with van der Waals surface area (Å²) in [7, 11) is 0. The summed E-state index contributed by atoms with van der Waals surface area (Å²) in [6, 6.07) is 18.9. The molecule has 1 saturated carbocycles. The van der Waals surface area contributed by atoms with Gasteiger partial charge in [0.25, 0.3) is 0 Å². The zero-order valence-corrected chi connectivity index (χ0v) is 19.7. The van der Waals surface area contributed by atoms with Crippen molar-refractivity contribution in [3.8, 4) is 5.75 Å². The van der Waals surface area contributed by atoms with E-state index in [2.05, 4.69) is 65.8 Å². The number of fused-ring (bicyclic) bond motifs is 2. The van der Waals surface area contributed by atoms with E-state index in [1.807, 2.05) is 24.5 Å². The van der Waals surface area contributed by atoms with Gasteiger partial charge in [0.2, 0.25) is 0 Å². The molecule has 3 aromatic rings. The second kappa shape index (κ2) is 9.32. The zero-order chi connectivity index (χ0) is 22.8. The molecule has 2 heterocycles. The third-order valence-electron chi connectivity index (χ3n) is 7.25. The minimum absolute atomic E-state index is 0.171. The number of likely N-dealkylation sites (tertiary alicyclic amines) is 1. The molecular weight excluding hydrogens is 410 g/mol. The van der Waals surface area contributed by atoms with Gasteiger partial charge in [-0.3, -0.25) is 4.90 Å². The van der Waals surface area contributed by atoms with Gasteiger partial charge >= 0.3 is 0 Å². The minimum atomic E-state index is -0.865. The van der Waals surface area contributed by atoms with Crippen molar-refractivity contribution in [2.75, 3.05) is 13.1 Å². The van der Waals surface area contributed by atoms with Crippen molar-refractivity contribution >= 4 is 0 Å². The van der Waals surface area contributed by atoms with E-state index < -0.39 is 5.60 Å². The van der Waals surface area contributed by atoms with Crippen molar-refractivity contribution in [3.63, 3.8) is 0 Å². The van der Waals surface area contributed by atoms with Crippen LogP contribution in [-0.4, -0.2) is 38.8 Å². The Bertz CT molecular complexity index is 1050. The van der Waals surface area contributed by atoms with Crippen LogP contribution in [0.5, 0.6) is 5.75 Å². The Morgan fingerprint density at radius 1 is 1.00 bits per heavy atom. The highest BCUT2D eigenvalue weighted by molar-refractivity contribution is 5.29. The standard InChI is InChI=1S/C28H35N3O2/c1-21(2)33-26-13-6-10-23(16-26)17-30-19-24-11-7-12-25(20-30)28(24,32)27-29-14-15-31(27)18-22-8-4-3-5-9-22/h3-6,8-10,13-16,21,24-25,32H,7,11-12,17-20H2,1-2H3. The van der Waals surface area contributed by atoms with Gasteiger partial charge in [-0.2, -0.15) is 0 Å². The second-order valence-corrected chi connectivity index (χ2v) is 10.0. The topological polar surface area (TPSA) is 50.5 Å². The molecule has 2 fully saturated rings. The van der Waals surface area contributed by atoms with Gasteiger partial charge in [0.1, 0.15) is 17.2 Å². The Balaban J connectivity index is 1.35. The summed E-state index contributed by atoms with van der Waals surface area (Å²) in [6.45, 7) is 7.52. The van der Waals surface area contributed by atoms with Crippen LogP contribution in [0.2, 0.25) is 0 Å². The van der Waals surface area contributed by atoms with Gasteiger partial charge in [-0.15, -0.1) is 0 Å². The molecule has 33 heavy (non-hydrogen) atoms. The van der Waals surface area contributed by atoms with Crippen molar-refractivity contribution in [3.05, 3.63) is 83.9 Å². The molecular formula is C28H35N3O2. The third kappa shape index (κ3) is 4.57. The van der Waals surface area contributed by atoms with Crippen LogP contribution in [0.3, 0.4) is 0 Å². The van der Waals surface area contributed by atoms with Gasteiger partial charge < -0.3 is 14.4 Å². The summed E-state index contributed by atoms with van der Waals surface area (Å²) in [6.07, 6.45) is 7.30. The van der Waals surface area contributed by atoms with Gasteiger partial charge in [0.05, 0.1) is 6.10 Å². The predicted molar refractivity (Wildman–Crippen MR) is 130 cm³/mol. The third-order valence-corrected chi connectivity index (χ3v) is 7.25. The lowest BCUT2D eigenvalue weighted by Crippen LogP contribution is -2.58. The molecule has 2 atom stereocenters. The van der Waals surface area contributed by atoms with Crippen LogP contribution in [0.25, 0.3) is 0 Å². The lowest BCUT2D eigenvalue weighted by atomic mass is 9.65. The van der Waals surface area contributed by atoms with E-state index in [0.717, 1.165) is 50.6 Å². The highest BCUT2D eigenvalue weighted by atomic mass is 16.5. The van der Waals surface area contributed by atoms with Crippen LogP contribution >= 0.6 is 0 Å². The summed E-state index contributed by atoms with van der Waals surface area (Å²) in [5, 5.41) is 12.2. The molecule has 1 aromatic heterocycles. The van der Waals surface area contributed by atoms with E-state index >= 15 is 0 Å². The number of aromatic nitrogens is 2. The van der Waals surface area contributed by atoms with Crippen LogP contribution in [0.1, 0.15) is 50.1 Å². The van der Waals surface area contributed by atoms with E-state index in [0.29, 0.717) is 0 Å². The molecule has 174 valence electrons. The Morgan fingerprint density at radius 2 is 1.73 bits per heavy atom. The largest absolute Gasteiger partial charge is 0.491 e. The first kappa shape index (κ1) is 22.2. The molecule has 1 saturated heterocycles. The number of hydrogen-bond acceptors (Lipinski definition) is 4. The minimum Gasteiger partial charge on any atom is -0.491 e. The van der Waals surface area contributed by atoms with Crippen molar-refractivity contribution < 1.29 is 9.84 Å². The van der Waals surface area contributed by atoms with Crippen molar-refractivity contribution in [1.82, 2.24) is 14.5 Å². The Labute approximate surface area is 197 Å². The number of piperidine rings is 1. The van der Waals surface area contributed by atoms with Crippen LogP contribution in [0, 0.1) is 11.8 Å². The number of nitrogens with zero attached hydrogens (tertiary/aromatic N) is 3. The van der Waals surface area contributed by atoms with Crippen LogP contribution in [0.15, 0.2) is 67.0 Å². The van der Waals surface area contributed by atoms with Gasteiger partial charge in [-0.05, 0) is 49.9 Å². The van der Waals surface area contributed by atoms with E-state index in [4.69, 9.17) is 9.72 Å². The van der Waals surface area contributed by atoms with E-state index in [1.54, 1.807) is 0 Å². The Morgan fingerprint density at radius 3 is 2.45 bits per heavy atom. The molecule has 1 aliphatic carbocycles. The fourth-order valence-corrected chi connectivity index (χ4v) is 5.85. The monoisotopic (exact) mass is 445 g/mol. The summed E-state index contributed by atoms with van der Waals surface area (Å²) in [5.41, 5.74) is 1.63. The maximum atomic E-state index is 12.2. The molecule has 2 bridgehead atoms. The van der Waals surface area contributed by atoms with Crippen LogP contribution in [-0.2, 0) is 18.7 Å². The second-order valence-electron chi connectivity index (χ2n) is 10.0. The van der Waals surface area contributed by atoms with Crippen molar-refractivity contribution in [1.29, 1.82) is 0 Å². The number of ether oxygens (including phenoxy) is 1. The zero-order valence-electron chi connectivity index (χ0n) is 19.7. The van der Waals surface area contributed by atoms with Crippen molar-refractivity contribution in [2.45, 2.75) is 57.9 Å². The molecule has 1 aliphatic heterocycles. The molecule has 5 nitrogen and oxygen atoms in total. The molecule has 0 amide bonds. The Kier molecular flexibility index (Phi) is 6.26. The van der Waals surface area contributed by atoms with Gasteiger partial charge in [-0.1, -0.05) is 48.9 Å². The maximum absolute atomic E-state index is 12.2. The highest BCUT2D eigenvalue weighted by Gasteiger charge is 2.53. The number of imidazole rings is 1. The number of benzene rings is 2. The average molecular weight is 446 g/mol. The molecule has 2 aliphatic rings. The first-order chi connectivity index (χ1) is 16.0.